The van der Waals surface area contributed by atoms with Crippen LogP contribution in [0, 0.1) is 0 Å². The van der Waals surface area contributed by atoms with Gasteiger partial charge in [-0.3, -0.25) is 4.79 Å². The van der Waals surface area contributed by atoms with Crippen molar-refractivity contribution in [3.8, 4) is 11.5 Å². The van der Waals surface area contributed by atoms with Crippen molar-refractivity contribution in [1.29, 1.82) is 0 Å². The number of amides is 1. The van der Waals surface area contributed by atoms with Crippen LogP contribution in [0.4, 0.5) is 5.69 Å². The molecule has 0 saturated carbocycles. The molecule has 27 heavy (non-hydrogen) atoms. The Morgan fingerprint density at radius 2 is 1.59 bits per heavy atom. The second kappa shape index (κ2) is 7.67. The van der Waals surface area contributed by atoms with Gasteiger partial charge in [0.25, 0.3) is 0 Å². The number of nitrogens with one attached hydrogen (secondary N) is 1. The molecule has 3 rings (SSSR count). The van der Waals surface area contributed by atoms with Crippen LogP contribution in [0.15, 0.2) is 65.6 Å². The third-order valence-corrected chi connectivity index (χ3v) is 5.68. The summed E-state index contributed by atoms with van der Waals surface area (Å²) in [6.07, 6.45) is 0. The minimum Gasteiger partial charge on any atom is -0.493 e. The molecule has 3 aromatic carbocycles. The Labute approximate surface area is 157 Å². The molecule has 0 radical (unpaired) electrons. The molecule has 1 N–H and O–H groups in total. The van der Waals surface area contributed by atoms with Gasteiger partial charge in [0.15, 0.2) is 21.3 Å². The monoisotopic (exact) mass is 385 g/mol. The number of hydrogen-bond acceptors (Lipinski definition) is 5. The largest absolute Gasteiger partial charge is 0.493 e. The summed E-state index contributed by atoms with van der Waals surface area (Å²) in [5.41, 5.74) is 0.423. The molecule has 0 saturated heterocycles. The summed E-state index contributed by atoms with van der Waals surface area (Å²) in [6.45, 7) is 0. The van der Waals surface area contributed by atoms with E-state index in [4.69, 9.17) is 9.47 Å². The number of anilines is 1. The summed E-state index contributed by atoms with van der Waals surface area (Å²) in [6, 6.07) is 17.1. The van der Waals surface area contributed by atoms with Crippen LogP contribution in [0.1, 0.15) is 0 Å². The Hall–Kier alpha value is -3.06. The Morgan fingerprint density at radius 3 is 2.30 bits per heavy atom. The molecule has 0 aliphatic rings. The van der Waals surface area contributed by atoms with Crippen LogP contribution >= 0.6 is 0 Å². The Balaban J connectivity index is 1.77. The number of carbonyl (C=O) groups excluding carboxylic acids is 1. The number of fused-ring (bicyclic) bond motifs is 1. The molecule has 0 heterocycles. The van der Waals surface area contributed by atoms with Crippen LogP contribution in [0.2, 0.25) is 0 Å². The zero-order valence-electron chi connectivity index (χ0n) is 14.9. The molecule has 0 unspecified atom stereocenters. The number of sulfone groups is 1. The first-order valence-corrected chi connectivity index (χ1v) is 9.81. The molecule has 0 bridgehead atoms. The van der Waals surface area contributed by atoms with Crippen molar-refractivity contribution >= 4 is 32.2 Å². The molecule has 0 aliphatic carbocycles. The quantitative estimate of drug-likeness (QED) is 0.704. The average molecular weight is 385 g/mol. The Morgan fingerprint density at radius 1 is 0.889 bits per heavy atom. The molecule has 1 amide bonds. The van der Waals surface area contributed by atoms with Gasteiger partial charge in [-0.25, -0.2) is 8.42 Å². The molecule has 0 aliphatic heterocycles. The van der Waals surface area contributed by atoms with E-state index in [0.717, 1.165) is 10.8 Å². The van der Waals surface area contributed by atoms with Crippen LogP contribution in [0.5, 0.6) is 11.5 Å². The summed E-state index contributed by atoms with van der Waals surface area (Å²) in [4.78, 5) is 12.4. The molecule has 0 spiro atoms. The highest BCUT2D eigenvalue weighted by molar-refractivity contribution is 7.92. The van der Waals surface area contributed by atoms with Gasteiger partial charge in [0, 0.05) is 11.8 Å². The number of carbonyl (C=O) groups is 1. The van der Waals surface area contributed by atoms with E-state index in [2.05, 4.69) is 5.32 Å². The lowest BCUT2D eigenvalue weighted by atomic mass is 10.1. The van der Waals surface area contributed by atoms with E-state index in [-0.39, 0.29) is 4.90 Å². The van der Waals surface area contributed by atoms with Gasteiger partial charge in [-0.1, -0.05) is 30.3 Å². The van der Waals surface area contributed by atoms with Crippen molar-refractivity contribution in [2.45, 2.75) is 4.90 Å². The van der Waals surface area contributed by atoms with Crippen LogP contribution in [-0.2, 0) is 14.6 Å². The lowest BCUT2D eigenvalue weighted by Gasteiger charge is -2.11. The van der Waals surface area contributed by atoms with Gasteiger partial charge >= 0.3 is 0 Å². The number of rotatable bonds is 6. The predicted molar refractivity (Wildman–Crippen MR) is 104 cm³/mol. The average Bonchev–Trinajstić information content (AvgIpc) is 2.67. The minimum atomic E-state index is -3.77. The van der Waals surface area contributed by atoms with Crippen molar-refractivity contribution in [3.05, 3.63) is 60.7 Å². The molecule has 7 heteroatoms. The molecule has 0 fully saturated rings. The minimum absolute atomic E-state index is 0.115. The fraction of sp³-hybridized carbons (Fsp3) is 0.150. The van der Waals surface area contributed by atoms with Crippen molar-refractivity contribution < 1.29 is 22.7 Å². The second-order valence-electron chi connectivity index (χ2n) is 5.89. The van der Waals surface area contributed by atoms with Crippen molar-refractivity contribution in [2.24, 2.45) is 0 Å². The van der Waals surface area contributed by atoms with Gasteiger partial charge in [0.2, 0.25) is 5.91 Å². The summed E-state index contributed by atoms with van der Waals surface area (Å²) >= 11 is 0. The SMILES string of the molecule is COc1ccc(NC(=O)CS(=O)(=O)c2ccc3ccccc3c2)cc1OC. The molecular formula is C20H19NO5S. The van der Waals surface area contributed by atoms with E-state index in [0.29, 0.717) is 17.2 Å². The van der Waals surface area contributed by atoms with E-state index in [1.807, 2.05) is 24.3 Å². The van der Waals surface area contributed by atoms with Gasteiger partial charge < -0.3 is 14.8 Å². The van der Waals surface area contributed by atoms with Gasteiger partial charge in [-0.15, -0.1) is 0 Å². The van der Waals surface area contributed by atoms with Crippen molar-refractivity contribution in [1.82, 2.24) is 0 Å². The summed E-state index contributed by atoms with van der Waals surface area (Å²) < 4.78 is 35.5. The third kappa shape index (κ3) is 4.20. The molecule has 3 aromatic rings. The highest BCUT2D eigenvalue weighted by atomic mass is 32.2. The lowest BCUT2D eigenvalue weighted by Crippen LogP contribution is -2.23. The first-order valence-electron chi connectivity index (χ1n) is 8.16. The first kappa shape index (κ1) is 18.7. The van der Waals surface area contributed by atoms with E-state index < -0.39 is 21.5 Å². The Kier molecular flexibility index (Phi) is 5.32. The maximum atomic E-state index is 12.6. The molecular weight excluding hydrogens is 366 g/mol. The van der Waals surface area contributed by atoms with Crippen LogP contribution in [0.3, 0.4) is 0 Å². The fourth-order valence-electron chi connectivity index (χ4n) is 2.73. The number of ether oxygens (including phenoxy) is 2. The fourth-order valence-corrected chi connectivity index (χ4v) is 3.89. The number of methoxy groups -OCH3 is 2. The standard InChI is InChI=1S/C20H19NO5S/c1-25-18-10-8-16(12-19(18)26-2)21-20(22)13-27(23,24)17-9-7-14-5-3-4-6-15(14)11-17/h3-12H,13H2,1-2H3,(H,21,22). The van der Waals surface area contributed by atoms with E-state index in [1.165, 1.54) is 20.3 Å². The first-order chi connectivity index (χ1) is 12.9. The van der Waals surface area contributed by atoms with Gasteiger partial charge in [-0.05, 0) is 35.0 Å². The van der Waals surface area contributed by atoms with Crippen LogP contribution in [-0.4, -0.2) is 34.3 Å². The Bertz CT molecular complexity index is 1090. The topological polar surface area (TPSA) is 81.7 Å². The predicted octanol–water partition coefficient (Wildman–Crippen LogP) is 3.27. The molecule has 140 valence electrons. The van der Waals surface area contributed by atoms with E-state index in [9.17, 15) is 13.2 Å². The summed E-state index contributed by atoms with van der Waals surface area (Å²) in [5.74, 6) is -0.331. The third-order valence-electron chi connectivity index (χ3n) is 4.07. The van der Waals surface area contributed by atoms with Gasteiger partial charge in [0.1, 0.15) is 5.75 Å². The highest BCUT2D eigenvalue weighted by Gasteiger charge is 2.20. The molecule has 6 nitrogen and oxygen atoms in total. The van der Waals surface area contributed by atoms with Crippen LogP contribution in [0.25, 0.3) is 10.8 Å². The number of hydrogen-bond donors (Lipinski definition) is 1. The zero-order chi connectivity index (χ0) is 19.4. The second-order valence-corrected chi connectivity index (χ2v) is 7.88. The molecule has 0 aromatic heterocycles. The van der Waals surface area contributed by atoms with Crippen LogP contribution < -0.4 is 14.8 Å². The zero-order valence-corrected chi connectivity index (χ0v) is 15.7. The van der Waals surface area contributed by atoms with Gasteiger partial charge in [-0.2, -0.15) is 0 Å². The maximum Gasteiger partial charge on any atom is 0.239 e. The lowest BCUT2D eigenvalue weighted by molar-refractivity contribution is -0.113. The maximum absolute atomic E-state index is 12.6. The van der Waals surface area contributed by atoms with Crippen molar-refractivity contribution in [3.63, 3.8) is 0 Å². The van der Waals surface area contributed by atoms with E-state index in [1.54, 1.807) is 30.3 Å². The summed E-state index contributed by atoms with van der Waals surface area (Å²) in [7, 11) is -0.782. The summed E-state index contributed by atoms with van der Waals surface area (Å²) in [5, 5.41) is 4.32. The van der Waals surface area contributed by atoms with Gasteiger partial charge in [0.05, 0.1) is 19.1 Å². The van der Waals surface area contributed by atoms with E-state index >= 15 is 0 Å². The smallest absolute Gasteiger partial charge is 0.239 e. The molecule has 0 atom stereocenters. The highest BCUT2D eigenvalue weighted by Crippen LogP contribution is 2.29. The normalized spacial score (nSPS) is 11.2. The number of benzene rings is 3. The van der Waals surface area contributed by atoms with Crippen molar-refractivity contribution in [2.75, 3.05) is 25.3 Å².